The van der Waals surface area contributed by atoms with Crippen molar-refractivity contribution in [1.29, 1.82) is 0 Å². The van der Waals surface area contributed by atoms with Gasteiger partial charge in [0, 0.05) is 16.1 Å². The second-order valence-corrected chi connectivity index (χ2v) is 5.95. The highest BCUT2D eigenvalue weighted by Gasteiger charge is 2.04. The fourth-order valence-electron chi connectivity index (χ4n) is 2.28. The lowest BCUT2D eigenvalue weighted by molar-refractivity contribution is 0.0955. The first kappa shape index (κ1) is 17.7. The topological polar surface area (TPSA) is 50.7 Å². The monoisotopic (exact) mass is 364 g/mol. The molecule has 0 spiro atoms. The van der Waals surface area contributed by atoms with E-state index in [0.29, 0.717) is 22.9 Å². The van der Waals surface area contributed by atoms with Crippen LogP contribution in [0.5, 0.6) is 5.75 Å². The molecule has 1 amide bonds. The Hall–Kier alpha value is -3.11. The number of nitrogens with one attached hydrogen (secondary N) is 1. The number of para-hydroxylation sites is 1. The molecule has 0 saturated carbocycles. The maximum Gasteiger partial charge on any atom is 0.271 e. The van der Waals surface area contributed by atoms with Crippen molar-refractivity contribution in [3.05, 3.63) is 101 Å². The van der Waals surface area contributed by atoms with E-state index in [2.05, 4.69) is 10.5 Å². The largest absolute Gasteiger partial charge is 0.488 e. The van der Waals surface area contributed by atoms with Gasteiger partial charge in [0.2, 0.25) is 0 Å². The molecule has 0 atom stereocenters. The molecule has 0 aromatic heterocycles. The molecule has 0 fully saturated rings. The van der Waals surface area contributed by atoms with Crippen molar-refractivity contribution in [3.8, 4) is 5.75 Å². The Morgan fingerprint density at radius 3 is 2.42 bits per heavy atom. The van der Waals surface area contributed by atoms with E-state index in [1.165, 1.54) is 0 Å². The minimum Gasteiger partial charge on any atom is -0.488 e. The molecule has 3 aromatic carbocycles. The van der Waals surface area contributed by atoms with Gasteiger partial charge >= 0.3 is 0 Å². The molecule has 0 aliphatic heterocycles. The molecule has 0 radical (unpaired) electrons. The van der Waals surface area contributed by atoms with E-state index in [9.17, 15) is 4.79 Å². The van der Waals surface area contributed by atoms with E-state index in [-0.39, 0.29) is 5.91 Å². The number of ether oxygens (including phenoxy) is 1. The summed E-state index contributed by atoms with van der Waals surface area (Å²) in [6.07, 6.45) is 1.56. The SMILES string of the molecule is O=C(N/N=C/c1ccccc1OCc1ccccc1)c1ccc(Cl)cc1. The predicted molar refractivity (Wildman–Crippen MR) is 104 cm³/mol. The van der Waals surface area contributed by atoms with E-state index >= 15 is 0 Å². The number of hydrogen-bond acceptors (Lipinski definition) is 3. The van der Waals surface area contributed by atoms with Gasteiger partial charge in [-0.25, -0.2) is 5.43 Å². The molecular formula is C21H17ClN2O2. The van der Waals surface area contributed by atoms with Crippen LogP contribution in [0.25, 0.3) is 0 Å². The Balaban J connectivity index is 1.63. The number of amides is 1. The van der Waals surface area contributed by atoms with Gasteiger partial charge < -0.3 is 4.74 Å². The zero-order valence-corrected chi connectivity index (χ0v) is 14.7. The van der Waals surface area contributed by atoms with Crippen molar-refractivity contribution in [1.82, 2.24) is 5.43 Å². The van der Waals surface area contributed by atoms with Crippen LogP contribution in [0.15, 0.2) is 84.0 Å². The summed E-state index contributed by atoms with van der Waals surface area (Å²) >= 11 is 5.82. The molecule has 1 N–H and O–H groups in total. The third-order valence-corrected chi connectivity index (χ3v) is 3.88. The third-order valence-electron chi connectivity index (χ3n) is 3.63. The van der Waals surface area contributed by atoms with Crippen molar-refractivity contribution in [2.75, 3.05) is 0 Å². The minimum atomic E-state index is -0.305. The Morgan fingerprint density at radius 1 is 0.962 bits per heavy atom. The Kier molecular flexibility index (Phi) is 6.01. The van der Waals surface area contributed by atoms with Crippen LogP contribution in [0.1, 0.15) is 21.5 Å². The highest BCUT2D eigenvalue weighted by Crippen LogP contribution is 2.17. The fraction of sp³-hybridized carbons (Fsp3) is 0.0476. The average molecular weight is 365 g/mol. The molecule has 0 unspecified atom stereocenters. The van der Waals surface area contributed by atoms with Gasteiger partial charge in [0.1, 0.15) is 12.4 Å². The Bertz CT molecular complexity index is 893. The first-order valence-electron chi connectivity index (χ1n) is 8.07. The number of carbonyl (C=O) groups excluding carboxylic acids is 1. The number of nitrogens with zero attached hydrogens (tertiary/aromatic N) is 1. The first-order chi connectivity index (χ1) is 12.7. The highest BCUT2D eigenvalue weighted by molar-refractivity contribution is 6.30. The van der Waals surface area contributed by atoms with Crippen LogP contribution < -0.4 is 10.2 Å². The van der Waals surface area contributed by atoms with Crippen LogP contribution in [0, 0.1) is 0 Å². The highest BCUT2D eigenvalue weighted by atomic mass is 35.5. The van der Waals surface area contributed by atoms with Crippen LogP contribution >= 0.6 is 11.6 Å². The van der Waals surface area contributed by atoms with Gasteiger partial charge in [-0.2, -0.15) is 5.10 Å². The quantitative estimate of drug-likeness (QED) is 0.510. The van der Waals surface area contributed by atoms with Gasteiger partial charge in [-0.05, 0) is 42.0 Å². The minimum absolute atomic E-state index is 0.305. The van der Waals surface area contributed by atoms with E-state index in [0.717, 1.165) is 11.1 Å². The van der Waals surface area contributed by atoms with E-state index in [1.807, 2.05) is 54.6 Å². The van der Waals surface area contributed by atoms with Crippen molar-refractivity contribution < 1.29 is 9.53 Å². The molecule has 3 aromatic rings. The third kappa shape index (κ3) is 4.94. The van der Waals surface area contributed by atoms with Crippen LogP contribution in [-0.2, 0) is 6.61 Å². The number of hydrazone groups is 1. The van der Waals surface area contributed by atoms with Crippen molar-refractivity contribution in [2.45, 2.75) is 6.61 Å². The molecule has 5 heteroatoms. The molecule has 0 aliphatic rings. The number of hydrogen-bond donors (Lipinski definition) is 1. The summed E-state index contributed by atoms with van der Waals surface area (Å²) in [5.41, 5.74) is 4.84. The Labute approximate surface area is 157 Å². The summed E-state index contributed by atoms with van der Waals surface area (Å²) in [5.74, 6) is 0.390. The summed E-state index contributed by atoms with van der Waals surface area (Å²) < 4.78 is 5.86. The molecule has 130 valence electrons. The van der Waals surface area contributed by atoms with Crippen molar-refractivity contribution in [3.63, 3.8) is 0 Å². The van der Waals surface area contributed by atoms with Crippen LogP contribution in [-0.4, -0.2) is 12.1 Å². The smallest absolute Gasteiger partial charge is 0.271 e. The predicted octanol–water partition coefficient (Wildman–Crippen LogP) is 4.68. The van der Waals surface area contributed by atoms with Gasteiger partial charge in [0.25, 0.3) is 5.91 Å². The Morgan fingerprint density at radius 2 is 1.65 bits per heavy atom. The second-order valence-electron chi connectivity index (χ2n) is 5.52. The number of carbonyl (C=O) groups is 1. The fourth-order valence-corrected chi connectivity index (χ4v) is 2.41. The van der Waals surface area contributed by atoms with Gasteiger partial charge in [0.15, 0.2) is 0 Å². The lowest BCUT2D eigenvalue weighted by atomic mass is 10.2. The molecule has 0 heterocycles. The molecule has 0 bridgehead atoms. The maximum atomic E-state index is 12.0. The summed E-state index contributed by atoms with van der Waals surface area (Å²) in [5, 5.41) is 4.60. The normalized spacial score (nSPS) is 10.7. The maximum absolute atomic E-state index is 12.0. The molecule has 3 rings (SSSR count). The van der Waals surface area contributed by atoms with E-state index in [4.69, 9.17) is 16.3 Å². The van der Waals surface area contributed by atoms with E-state index in [1.54, 1.807) is 30.5 Å². The van der Waals surface area contributed by atoms with Crippen LogP contribution in [0.4, 0.5) is 0 Å². The zero-order valence-electron chi connectivity index (χ0n) is 13.9. The van der Waals surface area contributed by atoms with Crippen LogP contribution in [0.3, 0.4) is 0 Å². The van der Waals surface area contributed by atoms with Crippen molar-refractivity contribution in [2.24, 2.45) is 5.10 Å². The molecule has 0 aliphatic carbocycles. The van der Waals surface area contributed by atoms with Gasteiger partial charge in [0.05, 0.1) is 6.21 Å². The van der Waals surface area contributed by atoms with Gasteiger partial charge in [-0.15, -0.1) is 0 Å². The lowest BCUT2D eigenvalue weighted by Gasteiger charge is -2.09. The second kappa shape index (κ2) is 8.83. The molecular weight excluding hydrogens is 348 g/mol. The summed E-state index contributed by atoms with van der Waals surface area (Å²) in [7, 11) is 0. The summed E-state index contributed by atoms with van der Waals surface area (Å²) in [6, 6.07) is 24.0. The van der Waals surface area contributed by atoms with Crippen molar-refractivity contribution >= 4 is 23.7 Å². The molecule has 4 nitrogen and oxygen atoms in total. The number of benzene rings is 3. The van der Waals surface area contributed by atoms with E-state index < -0.39 is 0 Å². The number of rotatable bonds is 6. The van der Waals surface area contributed by atoms with Gasteiger partial charge in [-0.3, -0.25) is 4.79 Å². The van der Waals surface area contributed by atoms with Crippen LogP contribution in [0.2, 0.25) is 5.02 Å². The molecule has 26 heavy (non-hydrogen) atoms. The molecule has 0 saturated heterocycles. The average Bonchev–Trinajstić information content (AvgIpc) is 2.68. The van der Waals surface area contributed by atoms with Gasteiger partial charge in [-0.1, -0.05) is 54.1 Å². The first-order valence-corrected chi connectivity index (χ1v) is 8.45. The summed E-state index contributed by atoms with van der Waals surface area (Å²) in [4.78, 5) is 12.0. The standard InChI is InChI=1S/C21H17ClN2O2/c22-19-12-10-17(11-13-19)21(25)24-23-14-18-8-4-5-9-20(18)26-15-16-6-2-1-3-7-16/h1-14H,15H2,(H,24,25)/b23-14+. The summed E-state index contributed by atoms with van der Waals surface area (Å²) in [6.45, 7) is 0.461. The number of halogens is 1. The zero-order chi connectivity index (χ0) is 18.2. The lowest BCUT2D eigenvalue weighted by Crippen LogP contribution is -2.17.